The number of rotatable bonds is 9. The van der Waals surface area contributed by atoms with Gasteiger partial charge in [0.15, 0.2) is 0 Å². The summed E-state index contributed by atoms with van der Waals surface area (Å²) in [5.74, 6) is -0.0943. The quantitative estimate of drug-likeness (QED) is 0.673. The molecule has 1 atom stereocenters. The van der Waals surface area contributed by atoms with E-state index in [4.69, 9.17) is 0 Å². The van der Waals surface area contributed by atoms with Gasteiger partial charge in [-0.15, -0.1) is 0 Å². The van der Waals surface area contributed by atoms with Crippen molar-refractivity contribution in [2.75, 3.05) is 31.2 Å². The molecule has 1 aromatic rings. The van der Waals surface area contributed by atoms with E-state index in [0.717, 1.165) is 24.2 Å². The van der Waals surface area contributed by atoms with Gasteiger partial charge in [-0.05, 0) is 37.6 Å². The fourth-order valence-corrected chi connectivity index (χ4v) is 3.27. The Bertz CT molecular complexity index is 617. The van der Waals surface area contributed by atoms with Crippen molar-refractivity contribution in [2.45, 2.75) is 33.2 Å². The summed E-state index contributed by atoms with van der Waals surface area (Å²) in [6.45, 7) is 7.09. The zero-order valence-corrected chi connectivity index (χ0v) is 15.1. The Labute approximate surface area is 139 Å². The number of anilines is 1. The number of benzene rings is 1. The second kappa shape index (κ2) is 9.00. The summed E-state index contributed by atoms with van der Waals surface area (Å²) in [6, 6.07) is 7.81. The lowest BCUT2D eigenvalue weighted by atomic mass is 10.1. The highest BCUT2D eigenvalue weighted by Crippen LogP contribution is 2.17. The first kappa shape index (κ1) is 19.6. The van der Waals surface area contributed by atoms with Gasteiger partial charge in [-0.1, -0.05) is 19.1 Å². The molecule has 1 aromatic carbocycles. The highest BCUT2D eigenvalue weighted by molar-refractivity contribution is 7.88. The van der Waals surface area contributed by atoms with Crippen LogP contribution < -0.4 is 10.6 Å². The van der Waals surface area contributed by atoms with Crippen LogP contribution in [0.4, 0.5) is 5.69 Å². The largest absolute Gasteiger partial charge is 0.326 e. The molecule has 0 aliphatic rings. The number of carbonyl (C=O) groups is 1. The third-order valence-electron chi connectivity index (χ3n) is 3.56. The van der Waals surface area contributed by atoms with Crippen LogP contribution in [0.25, 0.3) is 0 Å². The van der Waals surface area contributed by atoms with Crippen molar-refractivity contribution in [1.29, 1.82) is 0 Å². The van der Waals surface area contributed by atoms with E-state index in [1.165, 1.54) is 17.5 Å². The van der Waals surface area contributed by atoms with Crippen LogP contribution >= 0.6 is 0 Å². The van der Waals surface area contributed by atoms with E-state index in [9.17, 15) is 13.2 Å². The monoisotopic (exact) mass is 341 g/mol. The SMILES string of the molecule is CCN(CCCNC(C)c1cccc(NC(C)=O)c1)S(C)(=O)=O. The number of amides is 1. The molecule has 0 saturated carbocycles. The van der Waals surface area contributed by atoms with Gasteiger partial charge in [-0.3, -0.25) is 4.79 Å². The number of nitrogens with one attached hydrogen (secondary N) is 2. The highest BCUT2D eigenvalue weighted by atomic mass is 32.2. The van der Waals surface area contributed by atoms with E-state index >= 15 is 0 Å². The molecule has 1 amide bonds. The summed E-state index contributed by atoms with van der Waals surface area (Å²) in [6.07, 6.45) is 1.98. The lowest BCUT2D eigenvalue weighted by Crippen LogP contribution is -2.32. The van der Waals surface area contributed by atoms with Crippen LogP contribution in [-0.4, -0.2) is 44.5 Å². The molecular weight excluding hydrogens is 314 g/mol. The number of hydrogen-bond acceptors (Lipinski definition) is 4. The molecule has 0 bridgehead atoms. The minimum atomic E-state index is -3.12. The Morgan fingerprint density at radius 3 is 2.61 bits per heavy atom. The highest BCUT2D eigenvalue weighted by Gasteiger charge is 2.13. The molecule has 0 aliphatic heterocycles. The maximum atomic E-state index is 11.5. The molecule has 1 unspecified atom stereocenters. The molecule has 130 valence electrons. The van der Waals surface area contributed by atoms with Crippen LogP contribution in [0.2, 0.25) is 0 Å². The van der Waals surface area contributed by atoms with Gasteiger partial charge in [-0.25, -0.2) is 12.7 Å². The van der Waals surface area contributed by atoms with Gasteiger partial charge < -0.3 is 10.6 Å². The second-order valence-electron chi connectivity index (χ2n) is 5.59. The summed E-state index contributed by atoms with van der Waals surface area (Å²) in [5.41, 5.74) is 1.85. The fraction of sp³-hybridized carbons (Fsp3) is 0.562. The molecule has 0 aromatic heterocycles. The van der Waals surface area contributed by atoms with Crippen molar-refractivity contribution in [3.8, 4) is 0 Å². The van der Waals surface area contributed by atoms with Crippen LogP contribution in [0.3, 0.4) is 0 Å². The van der Waals surface area contributed by atoms with Gasteiger partial charge in [-0.2, -0.15) is 0 Å². The molecule has 0 heterocycles. The third-order valence-corrected chi connectivity index (χ3v) is 4.94. The molecule has 0 fully saturated rings. The minimum absolute atomic E-state index is 0.0943. The standard InChI is InChI=1S/C16H27N3O3S/c1-5-19(23(4,21)22)11-7-10-17-13(2)15-8-6-9-16(12-15)18-14(3)20/h6,8-9,12-13,17H,5,7,10-11H2,1-4H3,(H,18,20). The van der Waals surface area contributed by atoms with E-state index < -0.39 is 10.0 Å². The first-order valence-electron chi connectivity index (χ1n) is 7.80. The average Bonchev–Trinajstić information content (AvgIpc) is 2.45. The number of hydrogen-bond donors (Lipinski definition) is 2. The topological polar surface area (TPSA) is 78.5 Å². The molecule has 23 heavy (non-hydrogen) atoms. The van der Waals surface area contributed by atoms with E-state index in [2.05, 4.69) is 10.6 Å². The number of nitrogens with zero attached hydrogens (tertiary/aromatic N) is 1. The van der Waals surface area contributed by atoms with Crippen molar-refractivity contribution >= 4 is 21.6 Å². The van der Waals surface area contributed by atoms with Crippen molar-refractivity contribution < 1.29 is 13.2 Å². The lowest BCUT2D eigenvalue weighted by Gasteiger charge is -2.19. The zero-order chi connectivity index (χ0) is 17.5. The van der Waals surface area contributed by atoms with Crippen molar-refractivity contribution in [3.05, 3.63) is 29.8 Å². The van der Waals surface area contributed by atoms with Crippen LogP contribution in [-0.2, 0) is 14.8 Å². The summed E-state index contributed by atoms with van der Waals surface area (Å²) >= 11 is 0. The smallest absolute Gasteiger partial charge is 0.221 e. The summed E-state index contributed by atoms with van der Waals surface area (Å²) in [5, 5.41) is 6.14. The summed E-state index contributed by atoms with van der Waals surface area (Å²) < 4.78 is 24.5. The van der Waals surface area contributed by atoms with Crippen LogP contribution in [0.1, 0.15) is 38.8 Å². The Morgan fingerprint density at radius 2 is 2.04 bits per heavy atom. The molecule has 2 N–H and O–H groups in total. The van der Waals surface area contributed by atoms with Gasteiger partial charge in [0.25, 0.3) is 0 Å². The number of sulfonamides is 1. The third kappa shape index (κ3) is 7.11. The Morgan fingerprint density at radius 1 is 1.35 bits per heavy atom. The first-order valence-corrected chi connectivity index (χ1v) is 9.65. The van der Waals surface area contributed by atoms with Gasteiger partial charge >= 0.3 is 0 Å². The van der Waals surface area contributed by atoms with Gasteiger partial charge in [0.2, 0.25) is 15.9 Å². The van der Waals surface area contributed by atoms with E-state index in [1.807, 2.05) is 38.1 Å². The summed E-state index contributed by atoms with van der Waals surface area (Å²) in [7, 11) is -3.12. The van der Waals surface area contributed by atoms with E-state index in [1.54, 1.807) is 0 Å². The van der Waals surface area contributed by atoms with Crippen LogP contribution in [0.5, 0.6) is 0 Å². The molecule has 0 aliphatic carbocycles. The Balaban J connectivity index is 2.48. The molecule has 0 radical (unpaired) electrons. The van der Waals surface area contributed by atoms with Gasteiger partial charge in [0.1, 0.15) is 0 Å². The Kier molecular flexibility index (Phi) is 7.67. The molecule has 6 nitrogen and oxygen atoms in total. The van der Waals surface area contributed by atoms with Crippen LogP contribution in [0.15, 0.2) is 24.3 Å². The van der Waals surface area contributed by atoms with E-state index in [-0.39, 0.29) is 11.9 Å². The average molecular weight is 341 g/mol. The maximum Gasteiger partial charge on any atom is 0.221 e. The van der Waals surface area contributed by atoms with Crippen LogP contribution in [0, 0.1) is 0 Å². The molecular formula is C16H27N3O3S. The maximum absolute atomic E-state index is 11.5. The number of carbonyl (C=O) groups excluding carboxylic acids is 1. The summed E-state index contributed by atoms with van der Waals surface area (Å²) in [4.78, 5) is 11.1. The predicted octanol–water partition coefficient (Wildman–Crippen LogP) is 1.97. The normalized spacial score (nSPS) is 13.1. The lowest BCUT2D eigenvalue weighted by molar-refractivity contribution is -0.114. The van der Waals surface area contributed by atoms with Gasteiger partial charge in [0.05, 0.1) is 6.26 Å². The van der Waals surface area contributed by atoms with E-state index in [0.29, 0.717) is 13.1 Å². The molecule has 7 heteroatoms. The zero-order valence-electron chi connectivity index (χ0n) is 14.3. The molecule has 0 spiro atoms. The molecule has 1 rings (SSSR count). The Hall–Kier alpha value is -1.44. The van der Waals surface area contributed by atoms with Crippen molar-refractivity contribution in [3.63, 3.8) is 0 Å². The second-order valence-corrected chi connectivity index (χ2v) is 7.57. The first-order chi connectivity index (χ1) is 10.7. The minimum Gasteiger partial charge on any atom is -0.326 e. The predicted molar refractivity (Wildman–Crippen MR) is 93.9 cm³/mol. The van der Waals surface area contributed by atoms with Crippen molar-refractivity contribution in [2.24, 2.45) is 0 Å². The molecule has 0 saturated heterocycles. The van der Waals surface area contributed by atoms with Gasteiger partial charge in [0, 0.05) is 31.7 Å². The fourth-order valence-electron chi connectivity index (χ4n) is 2.34. The van der Waals surface area contributed by atoms with Crippen molar-refractivity contribution in [1.82, 2.24) is 9.62 Å².